The molecule has 3 nitrogen and oxygen atoms in total. The van der Waals surface area contributed by atoms with Gasteiger partial charge < -0.3 is 9.47 Å². The van der Waals surface area contributed by atoms with Crippen molar-refractivity contribution in [1.29, 1.82) is 0 Å². The summed E-state index contributed by atoms with van der Waals surface area (Å²) < 4.78 is 11.0. The average molecular weight is 308 g/mol. The van der Waals surface area contributed by atoms with E-state index >= 15 is 0 Å². The van der Waals surface area contributed by atoms with Crippen molar-refractivity contribution in [3.8, 4) is 16.9 Å². The molecule has 2 aromatic rings. The van der Waals surface area contributed by atoms with E-state index in [9.17, 15) is 4.79 Å². The number of carbonyl (C=O) groups is 1. The first kappa shape index (κ1) is 15.3. The molecule has 23 heavy (non-hydrogen) atoms. The highest BCUT2D eigenvalue weighted by Gasteiger charge is 2.24. The zero-order valence-electron chi connectivity index (χ0n) is 13.5. The van der Waals surface area contributed by atoms with E-state index in [1.165, 1.54) is 27.8 Å². The molecule has 0 amide bonds. The second kappa shape index (κ2) is 6.29. The van der Waals surface area contributed by atoms with Gasteiger partial charge in [-0.05, 0) is 48.1 Å². The van der Waals surface area contributed by atoms with Gasteiger partial charge in [0.15, 0.2) is 0 Å². The summed E-state index contributed by atoms with van der Waals surface area (Å²) in [4.78, 5) is 11.1. The van der Waals surface area contributed by atoms with Crippen LogP contribution in [0.3, 0.4) is 0 Å². The molecule has 0 heterocycles. The molecule has 0 aliphatic heterocycles. The largest absolute Gasteiger partial charge is 0.489 e. The van der Waals surface area contributed by atoms with E-state index in [4.69, 9.17) is 9.47 Å². The summed E-state index contributed by atoms with van der Waals surface area (Å²) in [7, 11) is 0. The molecular formula is C20H20O3. The van der Waals surface area contributed by atoms with Gasteiger partial charge >= 0.3 is 5.97 Å². The average Bonchev–Trinajstić information content (AvgIpc) is 2.93. The predicted molar refractivity (Wildman–Crippen MR) is 90.8 cm³/mol. The third kappa shape index (κ3) is 2.87. The van der Waals surface area contributed by atoms with Crippen molar-refractivity contribution in [3.05, 3.63) is 65.2 Å². The minimum Gasteiger partial charge on any atom is -0.489 e. The minimum atomic E-state index is -0.426. The molecule has 118 valence electrons. The van der Waals surface area contributed by atoms with E-state index in [2.05, 4.69) is 43.8 Å². The van der Waals surface area contributed by atoms with Gasteiger partial charge in [-0.3, -0.25) is 0 Å². The lowest BCUT2D eigenvalue weighted by molar-refractivity contribution is -0.138. The Balaban J connectivity index is 1.88. The number of rotatable bonds is 5. The molecule has 0 saturated carbocycles. The van der Waals surface area contributed by atoms with Gasteiger partial charge in [0.25, 0.3) is 0 Å². The first-order chi connectivity index (χ1) is 11.1. The number of aryl methyl sites for hydroxylation is 2. The molecule has 1 aliphatic rings. The van der Waals surface area contributed by atoms with Gasteiger partial charge in [-0.25, -0.2) is 4.79 Å². The SMILES string of the molecule is C=CC(=O)OCCOc1c(C)ccc2c1-c1c(C)cccc1C2. The van der Waals surface area contributed by atoms with Crippen molar-refractivity contribution in [2.75, 3.05) is 13.2 Å². The second-order valence-electron chi connectivity index (χ2n) is 5.75. The van der Waals surface area contributed by atoms with E-state index < -0.39 is 5.97 Å². The van der Waals surface area contributed by atoms with Gasteiger partial charge in [-0.2, -0.15) is 0 Å². The van der Waals surface area contributed by atoms with Crippen molar-refractivity contribution in [2.45, 2.75) is 20.3 Å². The molecule has 0 spiro atoms. The van der Waals surface area contributed by atoms with Crippen LogP contribution in [0.15, 0.2) is 43.0 Å². The highest BCUT2D eigenvalue weighted by molar-refractivity contribution is 5.85. The van der Waals surface area contributed by atoms with Gasteiger partial charge in [0.2, 0.25) is 0 Å². The lowest BCUT2D eigenvalue weighted by Gasteiger charge is -2.15. The van der Waals surface area contributed by atoms with Crippen LogP contribution in [0.25, 0.3) is 11.1 Å². The summed E-state index contributed by atoms with van der Waals surface area (Å²) in [5, 5.41) is 0. The Morgan fingerprint density at radius 2 is 1.87 bits per heavy atom. The van der Waals surface area contributed by atoms with Crippen molar-refractivity contribution in [1.82, 2.24) is 0 Å². The zero-order chi connectivity index (χ0) is 16.4. The fourth-order valence-electron chi connectivity index (χ4n) is 3.12. The molecule has 0 fully saturated rings. The summed E-state index contributed by atoms with van der Waals surface area (Å²) in [5.74, 6) is 0.468. The highest BCUT2D eigenvalue weighted by atomic mass is 16.6. The molecule has 0 saturated heterocycles. The summed E-state index contributed by atoms with van der Waals surface area (Å²) in [5.41, 5.74) is 7.45. The van der Waals surface area contributed by atoms with E-state index in [1.54, 1.807) is 0 Å². The molecule has 3 heteroatoms. The Kier molecular flexibility index (Phi) is 4.20. The summed E-state index contributed by atoms with van der Waals surface area (Å²) in [6.07, 6.45) is 2.10. The van der Waals surface area contributed by atoms with Gasteiger partial charge in [-0.15, -0.1) is 0 Å². The van der Waals surface area contributed by atoms with Crippen LogP contribution >= 0.6 is 0 Å². The van der Waals surface area contributed by atoms with Crippen LogP contribution in [-0.2, 0) is 16.0 Å². The van der Waals surface area contributed by atoms with Crippen LogP contribution < -0.4 is 4.74 Å². The molecule has 1 aliphatic carbocycles. The quantitative estimate of drug-likeness (QED) is 0.406. The minimum absolute atomic E-state index is 0.217. The van der Waals surface area contributed by atoms with Crippen LogP contribution in [0.4, 0.5) is 0 Å². The summed E-state index contributed by atoms with van der Waals surface area (Å²) in [6.45, 7) is 8.10. The van der Waals surface area contributed by atoms with Crippen LogP contribution in [0.1, 0.15) is 22.3 Å². The van der Waals surface area contributed by atoms with Gasteiger partial charge in [-0.1, -0.05) is 36.9 Å². The fourth-order valence-corrected chi connectivity index (χ4v) is 3.12. The zero-order valence-corrected chi connectivity index (χ0v) is 13.5. The Morgan fingerprint density at radius 1 is 1.09 bits per heavy atom. The van der Waals surface area contributed by atoms with Crippen LogP contribution in [-0.4, -0.2) is 19.2 Å². The lowest BCUT2D eigenvalue weighted by atomic mass is 9.98. The van der Waals surface area contributed by atoms with E-state index in [1.807, 2.05) is 6.92 Å². The molecule has 0 bridgehead atoms. The number of benzene rings is 2. The smallest absolute Gasteiger partial charge is 0.330 e. The topological polar surface area (TPSA) is 35.5 Å². The van der Waals surface area contributed by atoms with Crippen molar-refractivity contribution >= 4 is 5.97 Å². The van der Waals surface area contributed by atoms with Crippen LogP contribution in [0.2, 0.25) is 0 Å². The molecular weight excluding hydrogens is 288 g/mol. The Labute approximate surface area is 136 Å². The molecule has 0 unspecified atom stereocenters. The fraction of sp³-hybridized carbons (Fsp3) is 0.250. The maximum Gasteiger partial charge on any atom is 0.330 e. The number of hydrogen-bond donors (Lipinski definition) is 0. The van der Waals surface area contributed by atoms with Gasteiger partial charge in [0, 0.05) is 11.6 Å². The first-order valence-electron chi connectivity index (χ1n) is 7.75. The summed E-state index contributed by atoms with van der Waals surface area (Å²) in [6, 6.07) is 10.7. The predicted octanol–water partition coefficient (Wildman–Crippen LogP) is 3.98. The highest BCUT2D eigenvalue weighted by Crippen LogP contribution is 2.45. The number of carbonyl (C=O) groups excluding carboxylic acids is 1. The Bertz CT molecular complexity index is 775. The number of esters is 1. The van der Waals surface area contributed by atoms with Crippen LogP contribution in [0.5, 0.6) is 5.75 Å². The van der Waals surface area contributed by atoms with E-state index in [0.717, 1.165) is 23.8 Å². The summed E-state index contributed by atoms with van der Waals surface area (Å²) >= 11 is 0. The van der Waals surface area contributed by atoms with Crippen LogP contribution in [0, 0.1) is 13.8 Å². The third-order valence-corrected chi connectivity index (χ3v) is 4.17. The molecule has 0 N–H and O–H groups in total. The maximum atomic E-state index is 11.1. The molecule has 0 radical (unpaired) electrons. The first-order valence-corrected chi connectivity index (χ1v) is 7.75. The van der Waals surface area contributed by atoms with Crippen molar-refractivity contribution in [2.24, 2.45) is 0 Å². The molecule has 3 rings (SSSR count). The van der Waals surface area contributed by atoms with E-state index in [0.29, 0.717) is 6.61 Å². The monoisotopic (exact) mass is 308 g/mol. The third-order valence-electron chi connectivity index (χ3n) is 4.17. The van der Waals surface area contributed by atoms with E-state index in [-0.39, 0.29) is 6.61 Å². The Morgan fingerprint density at radius 3 is 2.65 bits per heavy atom. The molecule has 0 aromatic heterocycles. The van der Waals surface area contributed by atoms with Crippen molar-refractivity contribution in [3.63, 3.8) is 0 Å². The number of hydrogen-bond acceptors (Lipinski definition) is 3. The van der Waals surface area contributed by atoms with Crippen molar-refractivity contribution < 1.29 is 14.3 Å². The second-order valence-corrected chi connectivity index (χ2v) is 5.75. The Hall–Kier alpha value is -2.55. The lowest BCUT2D eigenvalue weighted by Crippen LogP contribution is -2.11. The number of ether oxygens (including phenoxy) is 2. The normalized spacial score (nSPS) is 11.6. The molecule has 2 aromatic carbocycles. The van der Waals surface area contributed by atoms with Gasteiger partial charge in [0.05, 0.1) is 0 Å². The number of fused-ring (bicyclic) bond motifs is 3. The van der Waals surface area contributed by atoms with Gasteiger partial charge in [0.1, 0.15) is 19.0 Å². The maximum absolute atomic E-state index is 11.1. The standard InChI is InChI=1S/C20H20O3/c1-4-17(21)22-10-11-23-20-14(3)8-9-16-12-15-7-5-6-13(2)18(15)19(16)20/h4-9H,1,10-12H2,2-3H3. The molecule has 0 atom stereocenters.